The third-order valence-electron chi connectivity index (χ3n) is 4.35. The van der Waals surface area contributed by atoms with E-state index >= 15 is 0 Å². The Kier molecular flexibility index (Phi) is 4.24. The van der Waals surface area contributed by atoms with Gasteiger partial charge in [0, 0.05) is 12.1 Å². The highest BCUT2D eigenvalue weighted by Gasteiger charge is 2.10. The average Bonchev–Trinajstić information content (AvgIpc) is 3.32. The SMILES string of the molecule is C#Cc1cc2ncnc(Nc3ccc4sc(Cc5ccccc5)nc4c3)c2s1. The predicted molar refractivity (Wildman–Crippen MR) is 118 cm³/mol. The zero-order chi connectivity index (χ0) is 18.9. The van der Waals surface area contributed by atoms with Gasteiger partial charge in [-0.2, -0.15) is 0 Å². The third kappa shape index (κ3) is 3.22. The van der Waals surface area contributed by atoms with E-state index in [4.69, 9.17) is 11.4 Å². The number of nitrogens with one attached hydrogen (secondary N) is 1. The van der Waals surface area contributed by atoms with E-state index in [-0.39, 0.29) is 0 Å². The standard InChI is InChI=1S/C22H14N4S2/c1-2-16-12-18-21(27-16)22(24-13-23-18)25-15-8-9-19-17(11-15)26-20(28-19)10-14-6-4-3-5-7-14/h1,3-9,11-13H,10H2,(H,23,24,25). The number of thiazole rings is 1. The van der Waals surface area contributed by atoms with Crippen LogP contribution in [-0.4, -0.2) is 15.0 Å². The van der Waals surface area contributed by atoms with Crippen molar-refractivity contribution < 1.29 is 0 Å². The number of hydrogen-bond donors (Lipinski definition) is 1. The molecular formula is C22H14N4S2. The molecule has 0 spiro atoms. The zero-order valence-corrected chi connectivity index (χ0v) is 16.3. The lowest BCUT2D eigenvalue weighted by Crippen LogP contribution is -1.94. The van der Waals surface area contributed by atoms with Crippen LogP contribution < -0.4 is 5.32 Å². The molecule has 0 atom stereocenters. The number of thiophene rings is 1. The highest BCUT2D eigenvalue weighted by molar-refractivity contribution is 7.20. The molecule has 0 fully saturated rings. The van der Waals surface area contributed by atoms with Crippen LogP contribution in [0.25, 0.3) is 20.4 Å². The zero-order valence-electron chi connectivity index (χ0n) is 14.7. The van der Waals surface area contributed by atoms with Crippen molar-refractivity contribution in [1.82, 2.24) is 15.0 Å². The van der Waals surface area contributed by atoms with Gasteiger partial charge < -0.3 is 5.32 Å². The van der Waals surface area contributed by atoms with E-state index in [1.165, 1.54) is 21.6 Å². The molecule has 2 aromatic carbocycles. The van der Waals surface area contributed by atoms with Crippen LogP contribution in [0.5, 0.6) is 0 Å². The largest absolute Gasteiger partial charge is 0.339 e. The topological polar surface area (TPSA) is 50.7 Å². The summed E-state index contributed by atoms with van der Waals surface area (Å²) in [6.45, 7) is 0. The number of aromatic nitrogens is 3. The maximum Gasteiger partial charge on any atom is 0.151 e. The molecule has 6 heteroatoms. The lowest BCUT2D eigenvalue weighted by Gasteiger charge is -2.05. The maximum absolute atomic E-state index is 5.52. The first-order valence-electron chi connectivity index (χ1n) is 8.70. The van der Waals surface area contributed by atoms with E-state index in [2.05, 4.69) is 63.7 Å². The average molecular weight is 399 g/mol. The molecule has 0 saturated heterocycles. The molecule has 4 nitrogen and oxygen atoms in total. The minimum absolute atomic E-state index is 0.760. The van der Waals surface area contributed by atoms with Gasteiger partial charge in [-0.3, -0.25) is 0 Å². The molecule has 0 aliphatic rings. The van der Waals surface area contributed by atoms with Crippen LogP contribution in [0.2, 0.25) is 0 Å². The van der Waals surface area contributed by atoms with Crippen molar-refractivity contribution in [3.8, 4) is 12.3 Å². The van der Waals surface area contributed by atoms with Crippen LogP contribution in [0.1, 0.15) is 15.4 Å². The Morgan fingerprint density at radius 1 is 0.964 bits per heavy atom. The summed E-state index contributed by atoms with van der Waals surface area (Å²) in [6, 6.07) is 18.5. The summed E-state index contributed by atoms with van der Waals surface area (Å²) in [6.07, 6.45) is 7.92. The fourth-order valence-corrected chi connectivity index (χ4v) is 4.90. The van der Waals surface area contributed by atoms with Crippen LogP contribution in [0.15, 0.2) is 60.9 Å². The number of hydrogen-bond acceptors (Lipinski definition) is 6. The Labute approximate surface area is 169 Å². The Balaban J connectivity index is 1.45. The van der Waals surface area contributed by atoms with E-state index in [0.717, 1.165) is 43.5 Å². The summed E-state index contributed by atoms with van der Waals surface area (Å²) in [5.74, 6) is 3.43. The van der Waals surface area contributed by atoms with Crippen molar-refractivity contribution in [2.75, 3.05) is 5.32 Å². The second-order valence-corrected chi connectivity index (χ2v) is 8.44. The van der Waals surface area contributed by atoms with Gasteiger partial charge in [-0.15, -0.1) is 29.1 Å². The van der Waals surface area contributed by atoms with Gasteiger partial charge in [0.1, 0.15) is 6.33 Å². The number of terminal acetylenes is 1. The molecule has 0 bridgehead atoms. The molecule has 3 heterocycles. The van der Waals surface area contributed by atoms with Crippen molar-refractivity contribution in [3.63, 3.8) is 0 Å². The second-order valence-electron chi connectivity index (χ2n) is 6.27. The Bertz CT molecular complexity index is 1330. The van der Waals surface area contributed by atoms with Crippen molar-refractivity contribution in [2.24, 2.45) is 0 Å². The van der Waals surface area contributed by atoms with Crippen LogP contribution in [0, 0.1) is 12.3 Å². The molecule has 0 aliphatic heterocycles. The normalized spacial score (nSPS) is 11.0. The number of rotatable bonds is 4. The monoisotopic (exact) mass is 398 g/mol. The van der Waals surface area contributed by atoms with Crippen molar-refractivity contribution in [2.45, 2.75) is 6.42 Å². The Hall–Kier alpha value is -3.27. The van der Waals surface area contributed by atoms with Gasteiger partial charge in [-0.1, -0.05) is 36.3 Å². The molecule has 134 valence electrons. The minimum Gasteiger partial charge on any atom is -0.339 e. The molecule has 5 rings (SSSR count). The molecule has 3 aromatic heterocycles. The molecule has 0 saturated carbocycles. The van der Waals surface area contributed by atoms with Gasteiger partial charge >= 0.3 is 0 Å². The van der Waals surface area contributed by atoms with E-state index in [1.54, 1.807) is 17.7 Å². The lowest BCUT2D eigenvalue weighted by molar-refractivity contribution is 1.16. The molecular weight excluding hydrogens is 384 g/mol. The highest BCUT2D eigenvalue weighted by Crippen LogP contribution is 2.32. The Morgan fingerprint density at radius 3 is 2.71 bits per heavy atom. The summed E-state index contributed by atoms with van der Waals surface area (Å²) in [5.41, 5.74) is 4.06. The van der Waals surface area contributed by atoms with E-state index < -0.39 is 0 Å². The first-order valence-corrected chi connectivity index (χ1v) is 10.3. The molecule has 1 N–H and O–H groups in total. The van der Waals surface area contributed by atoms with Gasteiger partial charge in [0.05, 0.1) is 30.3 Å². The fraction of sp³-hybridized carbons (Fsp3) is 0.0455. The van der Waals surface area contributed by atoms with E-state index in [0.29, 0.717) is 0 Å². The van der Waals surface area contributed by atoms with Crippen molar-refractivity contribution in [3.05, 3.63) is 76.4 Å². The number of nitrogens with zero attached hydrogens (tertiary/aromatic N) is 3. The molecule has 5 aromatic rings. The minimum atomic E-state index is 0.760. The molecule has 0 unspecified atom stereocenters. The van der Waals surface area contributed by atoms with Gasteiger partial charge in [0.2, 0.25) is 0 Å². The third-order valence-corrected chi connectivity index (χ3v) is 6.44. The number of anilines is 2. The predicted octanol–water partition coefficient (Wildman–Crippen LogP) is 5.62. The van der Waals surface area contributed by atoms with Crippen LogP contribution in [0.4, 0.5) is 11.5 Å². The summed E-state index contributed by atoms with van der Waals surface area (Å²) < 4.78 is 2.13. The van der Waals surface area contributed by atoms with Crippen LogP contribution in [0.3, 0.4) is 0 Å². The van der Waals surface area contributed by atoms with Crippen LogP contribution >= 0.6 is 22.7 Å². The first-order chi connectivity index (χ1) is 13.8. The molecule has 0 aliphatic carbocycles. The van der Waals surface area contributed by atoms with Gasteiger partial charge in [-0.05, 0) is 29.8 Å². The number of benzene rings is 2. The fourth-order valence-electron chi connectivity index (χ4n) is 3.05. The maximum atomic E-state index is 5.52. The smallest absolute Gasteiger partial charge is 0.151 e. The number of fused-ring (bicyclic) bond motifs is 2. The highest BCUT2D eigenvalue weighted by atomic mass is 32.1. The molecule has 0 amide bonds. The second kappa shape index (κ2) is 7.04. The van der Waals surface area contributed by atoms with Gasteiger partial charge in [-0.25, -0.2) is 15.0 Å². The van der Waals surface area contributed by atoms with Gasteiger partial charge in [0.15, 0.2) is 5.82 Å². The van der Waals surface area contributed by atoms with E-state index in [9.17, 15) is 0 Å². The van der Waals surface area contributed by atoms with Gasteiger partial charge in [0.25, 0.3) is 0 Å². The summed E-state index contributed by atoms with van der Waals surface area (Å²) >= 11 is 3.25. The summed E-state index contributed by atoms with van der Waals surface area (Å²) in [7, 11) is 0. The quantitative estimate of drug-likeness (QED) is 0.399. The molecule has 28 heavy (non-hydrogen) atoms. The van der Waals surface area contributed by atoms with Crippen molar-refractivity contribution in [1.29, 1.82) is 0 Å². The Morgan fingerprint density at radius 2 is 1.86 bits per heavy atom. The van der Waals surface area contributed by atoms with Crippen LogP contribution in [-0.2, 0) is 6.42 Å². The molecule has 0 radical (unpaired) electrons. The summed E-state index contributed by atoms with van der Waals surface area (Å²) in [5, 5.41) is 4.50. The van der Waals surface area contributed by atoms with Crippen molar-refractivity contribution >= 4 is 54.6 Å². The first kappa shape index (κ1) is 16.9. The summed E-state index contributed by atoms with van der Waals surface area (Å²) in [4.78, 5) is 14.3. The van der Waals surface area contributed by atoms with E-state index in [1.807, 2.05) is 12.1 Å². The lowest BCUT2D eigenvalue weighted by atomic mass is 10.2.